The third-order valence-electron chi connectivity index (χ3n) is 5.79. The van der Waals surface area contributed by atoms with E-state index in [0.717, 1.165) is 29.5 Å². The molecule has 1 aromatic heterocycles. The lowest BCUT2D eigenvalue weighted by molar-refractivity contribution is 0.373. The van der Waals surface area contributed by atoms with Crippen LogP contribution in [0.4, 0.5) is 4.39 Å². The van der Waals surface area contributed by atoms with Crippen molar-refractivity contribution in [2.45, 2.75) is 42.5 Å². The number of rotatable bonds is 4. The minimum atomic E-state index is -4.17. The number of hydrogen-bond donors (Lipinski definition) is 2. The van der Waals surface area contributed by atoms with Crippen LogP contribution in [0.25, 0.3) is 10.9 Å². The summed E-state index contributed by atoms with van der Waals surface area (Å²) in [5, 5.41) is -0.0633. The number of nitrogens with zero attached hydrogens (tertiary/aromatic N) is 1. The minimum absolute atomic E-state index is 0.0311. The van der Waals surface area contributed by atoms with Crippen LogP contribution in [0.3, 0.4) is 0 Å². The van der Waals surface area contributed by atoms with Gasteiger partial charge in [-0.3, -0.25) is 14.3 Å². The van der Waals surface area contributed by atoms with Crippen molar-refractivity contribution in [2.75, 3.05) is 0 Å². The number of sulfonamides is 1. The Kier molecular flexibility index (Phi) is 5.33. The predicted octanol–water partition coefficient (Wildman–Crippen LogP) is 2.37. The molecule has 2 aromatic carbocycles. The summed E-state index contributed by atoms with van der Waals surface area (Å²) >= 11 is 0. The van der Waals surface area contributed by atoms with Crippen LogP contribution in [0.2, 0.25) is 0 Å². The zero-order chi connectivity index (χ0) is 21.5. The van der Waals surface area contributed by atoms with Crippen molar-refractivity contribution in [3.05, 3.63) is 74.7 Å². The van der Waals surface area contributed by atoms with Crippen molar-refractivity contribution < 1.29 is 12.8 Å². The van der Waals surface area contributed by atoms with E-state index < -0.39 is 32.0 Å². The molecule has 30 heavy (non-hydrogen) atoms. The lowest BCUT2D eigenvalue weighted by atomic mass is 9.82. The summed E-state index contributed by atoms with van der Waals surface area (Å²) in [4.78, 5) is 25.3. The fourth-order valence-electron chi connectivity index (χ4n) is 4.12. The van der Waals surface area contributed by atoms with Gasteiger partial charge in [-0.25, -0.2) is 22.3 Å². The Morgan fingerprint density at radius 3 is 2.40 bits per heavy atom. The summed E-state index contributed by atoms with van der Waals surface area (Å²) in [5.74, 6) is -0.627. The van der Waals surface area contributed by atoms with E-state index in [1.54, 1.807) is 0 Å². The molecule has 0 amide bonds. The predicted molar refractivity (Wildman–Crippen MR) is 112 cm³/mol. The van der Waals surface area contributed by atoms with Gasteiger partial charge in [0.2, 0.25) is 10.0 Å². The Morgan fingerprint density at radius 2 is 1.73 bits per heavy atom. The Hall–Kier alpha value is -2.78. The molecule has 4 rings (SSSR count). The maximum absolute atomic E-state index is 14.6. The van der Waals surface area contributed by atoms with Crippen LogP contribution in [0.1, 0.15) is 37.2 Å². The van der Waals surface area contributed by atoms with Crippen LogP contribution in [-0.2, 0) is 17.1 Å². The SMILES string of the molecule is Cn1c(=O)[nH]c(=O)c2cc(S(=O)(=O)NC3CCC(c4ccccc4)CC3)c(F)cc21. The fourth-order valence-corrected chi connectivity index (χ4v) is 5.51. The van der Waals surface area contributed by atoms with Gasteiger partial charge in [-0.05, 0) is 49.3 Å². The van der Waals surface area contributed by atoms with E-state index >= 15 is 0 Å². The smallest absolute Gasteiger partial charge is 0.296 e. The fraction of sp³-hybridized carbons (Fsp3) is 0.333. The minimum Gasteiger partial charge on any atom is -0.296 e. The third-order valence-corrected chi connectivity index (χ3v) is 7.33. The summed E-state index contributed by atoms with van der Waals surface area (Å²) < 4.78 is 44.0. The van der Waals surface area contributed by atoms with Crippen LogP contribution in [0.15, 0.2) is 56.9 Å². The number of benzene rings is 2. The number of H-pyrrole nitrogens is 1. The number of aryl methyl sites for hydroxylation is 1. The number of fused-ring (bicyclic) bond motifs is 1. The van der Waals surface area contributed by atoms with Crippen molar-refractivity contribution >= 4 is 20.9 Å². The van der Waals surface area contributed by atoms with Crippen LogP contribution in [-0.4, -0.2) is 24.0 Å². The van der Waals surface area contributed by atoms with Crippen molar-refractivity contribution in [2.24, 2.45) is 7.05 Å². The quantitative estimate of drug-likeness (QED) is 0.662. The second-order valence-corrected chi connectivity index (χ2v) is 9.38. The molecule has 3 aromatic rings. The average Bonchev–Trinajstić information content (AvgIpc) is 2.72. The molecule has 0 bridgehead atoms. The summed E-state index contributed by atoms with van der Waals surface area (Å²) in [5.41, 5.74) is -0.184. The van der Waals surface area contributed by atoms with Gasteiger partial charge in [-0.2, -0.15) is 0 Å². The summed E-state index contributed by atoms with van der Waals surface area (Å²) in [6.45, 7) is 0. The average molecular weight is 431 g/mol. The maximum atomic E-state index is 14.6. The monoisotopic (exact) mass is 431 g/mol. The summed E-state index contributed by atoms with van der Waals surface area (Å²) in [6.07, 6.45) is 2.95. The van der Waals surface area contributed by atoms with Crippen LogP contribution < -0.4 is 16.0 Å². The summed E-state index contributed by atoms with van der Waals surface area (Å²) in [7, 11) is -2.80. The molecule has 0 saturated heterocycles. The molecule has 1 fully saturated rings. The lowest BCUT2D eigenvalue weighted by Crippen LogP contribution is -2.38. The van der Waals surface area contributed by atoms with Crippen LogP contribution in [0, 0.1) is 5.82 Å². The van der Waals surface area contributed by atoms with Gasteiger partial charge in [0.15, 0.2) is 0 Å². The molecule has 7 nitrogen and oxygen atoms in total. The highest BCUT2D eigenvalue weighted by Gasteiger charge is 2.28. The van der Waals surface area contributed by atoms with Gasteiger partial charge in [-0.15, -0.1) is 0 Å². The van der Waals surface area contributed by atoms with Crippen molar-refractivity contribution in [1.29, 1.82) is 0 Å². The molecule has 0 spiro atoms. The van der Waals surface area contributed by atoms with E-state index in [4.69, 9.17) is 0 Å². The van der Waals surface area contributed by atoms with Crippen molar-refractivity contribution in [3.63, 3.8) is 0 Å². The molecule has 0 radical (unpaired) electrons. The largest absolute Gasteiger partial charge is 0.328 e. The van der Waals surface area contributed by atoms with Crippen molar-refractivity contribution in [3.8, 4) is 0 Å². The highest BCUT2D eigenvalue weighted by Crippen LogP contribution is 2.33. The zero-order valence-electron chi connectivity index (χ0n) is 16.4. The first-order valence-electron chi connectivity index (χ1n) is 9.76. The molecular weight excluding hydrogens is 409 g/mol. The van der Waals surface area contributed by atoms with Crippen LogP contribution >= 0.6 is 0 Å². The molecule has 0 aliphatic heterocycles. The van der Waals surface area contributed by atoms with E-state index in [1.165, 1.54) is 12.6 Å². The number of aromatic amines is 1. The van der Waals surface area contributed by atoms with E-state index in [1.807, 2.05) is 18.2 Å². The van der Waals surface area contributed by atoms with Gasteiger partial charge >= 0.3 is 5.69 Å². The van der Waals surface area contributed by atoms with E-state index in [2.05, 4.69) is 21.8 Å². The topological polar surface area (TPSA) is 101 Å². The first-order chi connectivity index (χ1) is 14.3. The highest BCUT2D eigenvalue weighted by atomic mass is 32.2. The lowest BCUT2D eigenvalue weighted by Gasteiger charge is -2.29. The molecule has 158 valence electrons. The second kappa shape index (κ2) is 7.81. The maximum Gasteiger partial charge on any atom is 0.328 e. The third kappa shape index (κ3) is 3.82. The van der Waals surface area contributed by atoms with Crippen molar-refractivity contribution in [1.82, 2.24) is 14.3 Å². The van der Waals surface area contributed by atoms with Gasteiger partial charge in [0, 0.05) is 13.1 Å². The number of nitrogens with one attached hydrogen (secondary N) is 2. The molecule has 0 unspecified atom stereocenters. The molecule has 1 aliphatic carbocycles. The Bertz CT molecular complexity index is 1310. The molecule has 2 N–H and O–H groups in total. The van der Waals surface area contributed by atoms with Gasteiger partial charge in [-0.1, -0.05) is 30.3 Å². The number of aromatic nitrogens is 2. The standard InChI is InChI=1S/C21H22FN3O4S/c1-25-18-12-17(22)19(11-16(18)20(26)23-21(25)27)30(28,29)24-15-9-7-14(8-10-15)13-5-3-2-4-6-13/h2-6,11-12,14-15,24H,7-10H2,1H3,(H,23,26,27). The highest BCUT2D eigenvalue weighted by molar-refractivity contribution is 7.89. The Morgan fingerprint density at radius 1 is 1.07 bits per heavy atom. The molecule has 1 saturated carbocycles. The zero-order valence-corrected chi connectivity index (χ0v) is 17.2. The number of hydrogen-bond acceptors (Lipinski definition) is 4. The molecular formula is C21H22FN3O4S. The summed E-state index contributed by atoms with van der Waals surface area (Å²) in [6, 6.07) is 11.7. The first kappa shape index (κ1) is 20.5. The van der Waals surface area contributed by atoms with E-state index in [0.29, 0.717) is 18.8 Å². The van der Waals surface area contributed by atoms with E-state index in [-0.39, 0.29) is 16.9 Å². The van der Waals surface area contributed by atoms with Gasteiger partial charge in [0.25, 0.3) is 5.56 Å². The molecule has 1 aliphatic rings. The second-order valence-electron chi connectivity index (χ2n) is 7.70. The number of halogens is 1. The normalized spacial score (nSPS) is 19.8. The van der Waals surface area contributed by atoms with Gasteiger partial charge in [0.05, 0.1) is 10.9 Å². The molecule has 0 atom stereocenters. The van der Waals surface area contributed by atoms with Gasteiger partial charge < -0.3 is 0 Å². The molecule has 1 heterocycles. The van der Waals surface area contributed by atoms with Crippen LogP contribution in [0.5, 0.6) is 0 Å². The Balaban J connectivity index is 1.57. The first-order valence-corrected chi connectivity index (χ1v) is 11.2. The Labute approximate surface area is 172 Å². The molecule has 9 heteroatoms. The van der Waals surface area contributed by atoms with Gasteiger partial charge in [0.1, 0.15) is 10.7 Å². The van der Waals surface area contributed by atoms with E-state index in [9.17, 15) is 22.4 Å².